The van der Waals surface area contributed by atoms with Gasteiger partial charge in [0.1, 0.15) is 5.58 Å². The molecule has 3 aromatic rings. The molecule has 1 unspecified atom stereocenters. The van der Waals surface area contributed by atoms with E-state index in [1.165, 1.54) is 7.11 Å². The van der Waals surface area contributed by atoms with E-state index in [1.807, 2.05) is 12.1 Å². The summed E-state index contributed by atoms with van der Waals surface area (Å²) in [6.45, 7) is 0. The molecule has 1 aromatic heterocycles. The first-order valence-corrected chi connectivity index (χ1v) is 9.45. The summed E-state index contributed by atoms with van der Waals surface area (Å²) in [6, 6.07) is 15.1. The van der Waals surface area contributed by atoms with Crippen molar-refractivity contribution >= 4 is 51.6 Å². The van der Waals surface area contributed by atoms with Crippen molar-refractivity contribution in [1.82, 2.24) is 10.6 Å². The van der Waals surface area contributed by atoms with Gasteiger partial charge in [-0.15, -0.1) is 0 Å². The molecule has 29 heavy (non-hydrogen) atoms. The van der Waals surface area contributed by atoms with Gasteiger partial charge >= 0.3 is 11.6 Å². The van der Waals surface area contributed by atoms with Gasteiger partial charge in [0.05, 0.1) is 30.0 Å². The number of methoxy groups -OCH3 is 1. The maximum atomic E-state index is 12.7. The summed E-state index contributed by atoms with van der Waals surface area (Å²) in [6.07, 6.45) is 0. The zero-order valence-corrected chi connectivity index (χ0v) is 16.8. The fourth-order valence-electron chi connectivity index (χ4n) is 3.25. The van der Waals surface area contributed by atoms with Gasteiger partial charge < -0.3 is 19.8 Å². The number of thiocarbonyl (C=S) groups is 1. The predicted molar refractivity (Wildman–Crippen MR) is 114 cm³/mol. The summed E-state index contributed by atoms with van der Waals surface area (Å²) in [5, 5.41) is 7.53. The van der Waals surface area contributed by atoms with Gasteiger partial charge in [0.25, 0.3) is 0 Å². The molecule has 0 aliphatic carbocycles. The first-order valence-electron chi connectivity index (χ1n) is 8.66. The van der Waals surface area contributed by atoms with Crippen LogP contribution < -0.4 is 16.3 Å². The number of hydrogen-bond acceptors (Lipinski definition) is 5. The Labute approximate surface area is 176 Å². The van der Waals surface area contributed by atoms with E-state index in [1.54, 1.807) is 42.5 Å². The molecular weight excluding hydrogens is 412 g/mol. The van der Waals surface area contributed by atoms with Crippen molar-refractivity contribution < 1.29 is 13.9 Å². The van der Waals surface area contributed by atoms with Crippen molar-refractivity contribution in [2.75, 3.05) is 7.11 Å². The molecule has 0 radical (unpaired) electrons. The van der Waals surface area contributed by atoms with Crippen LogP contribution in [0.15, 0.2) is 69.4 Å². The smallest absolute Gasteiger partial charge is 0.345 e. The highest BCUT2D eigenvalue weighted by Gasteiger charge is 2.34. The number of hydrogen-bond donors (Lipinski definition) is 2. The second-order valence-electron chi connectivity index (χ2n) is 6.35. The van der Waals surface area contributed by atoms with Crippen molar-refractivity contribution in [1.29, 1.82) is 0 Å². The number of nitrogens with one attached hydrogen (secondary N) is 2. The maximum Gasteiger partial charge on any atom is 0.345 e. The summed E-state index contributed by atoms with van der Waals surface area (Å²) in [7, 11) is 1.28. The molecule has 1 aliphatic heterocycles. The van der Waals surface area contributed by atoms with Gasteiger partial charge in [0, 0.05) is 10.4 Å². The number of fused-ring (bicyclic) bond motifs is 1. The predicted octanol–water partition coefficient (Wildman–Crippen LogP) is 3.55. The number of carbonyl (C=O) groups excluding carboxylic acids is 1. The minimum atomic E-state index is -0.630. The third kappa shape index (κ3) is 3.62. The van der Waals surface area contributed by atoms with E-state index in [2.05, 4.69) is 10.6 Å². The molecule has 0 amide bonds. The highest BCUT2D eigenvalue weighted by atomic mass is 35.5. The molecule has 0 saturated heterocycles. The van der Waals surface area contributed by atoms with E-state index in [-0.39, 0.29) is 21.9 Å². The van der Waals surface area contributed by atoms with E-state index in [4.69, 9.17) is 33.0 Å². The molecule has 6 nitrogen and oxygen atoms in total. The van der Waals surface area contributed by atoms with Gasteiger partial charge in [-0.3, -0.25) is 0 Å². The van der Waals surface area contributed by atoms with Crippen LogP contribution in [0.3, 0.4) is 0 Å². The summed E-state index contributed by atoms with van der Waals surface area (Å²) in [5.41, 5.74) is 1.25. The number of ether oxygens (including phenoxy) is 1. The van der Waals surface area contributed by atoms with Crippen LogP contribution in [0.25, 0.3) is 16.7 Å². The average molecular weight is 427 g/mol. The number of para-hydroxylation sites is 1. The normalized spacial score (nSPS) is 16.3. The zero-order valence-electron chi connectivity index (χ0n) is 15.2. The van der Waals surface area contributed by atoms with Crippen molar-refractivity contribution in [3.63, 3.8) is 0 Å². The number of carbonyl (C=O) groups is 1. The van der Waals surface area contributed by atoms with Crippen LogP contribution in [0.4, 0.5) is 0 Å². The molecule has 1 aliphatic rings. The molecule has 2 N–H and O–H groups in total. The largest absolute Gasteiger partial charge is 0.466 e. The van der Waals surface area contributed by atoms with Crippen LogP contribution in [-0.2, 0) is 9.53 Å². The van der Waals surface area contributed by atoms with Gasteiger partial charge in [0.15, 0.2) is 5.11 Å². The van der Waals surface area contributed by atoms with E-state index >= 15 is 0 Å². The van der Waals surface area contributed by atoms with Crippen molar-refractivity contribution in [2.45, 2.75) is 6.04 Å². The molecule has 8 heteroatoms. The highest BCUT2D eigenvalue weighted by Crippen LogP contribution is 2.32. The number of benzene rings is 2. The van der Waals surface area contributed by atoms with Gasteiger partial charge in [-0.1, -0.05) is 41.9 Å². The molecular formula is C21H15ClN2O4S. The number of rotatable bonds is 3. The Hall–Kier alpha value is -3.16. The summed E-state index contributed by atoms with van der Waals surface area (Å²) >= 11 is 11.3. The molecule has 1 atom stereocenters. The first kappa shape index (κ1) is 19.2. The SMILES string of the molecule is COC(=O)C1=C(c2cc3ccccc3oc2=O)NC(=S)NC1c1ccc(Cl)cc1. The zero-order chi connectivity index (χ0) is 20.5. The van der Waals surface area contributed by atoms with Crippen molar-refractivity contribution in [2.24, 2.45) is 0 Å². The monoisotopic (exact) mass is 426 g/mol. The Bertz CT molecular complexity index is 1220. The lowest BCUT2D eigenvalue weighted by Crippen LogP contribution is -2.45. The second-order valence-corrected chi connectivity index (χ2v) is 7.19. The summed E-state index contributed by atoms with van der Waals surface area (Å²) in [5.74, 6) is -0.602. The van der Waals surface area contributed by atoms with Gasteiger partial charge in [-0.05, 0) is 42.0 Å². The molecule has 146 valence electrons. The molecule has 0 bridgehead atoms. The van der Waals surface area contributed by atoms with E-state index in [9.17, 15) is 9.59 Å². The fraction of sp³-hybridized carbons (Fsp3) is 0.0952. The molecule has 0 spiro atoms. The van der Waals surface area contributed by atoms with Crippen LogP contribution in [0.5, 0.6) is 0 Å². The van der Waals surface area contributed by atoms with Gasteiger partial charge in [-0.25, -0.2) is 9.59 Å². The molecule has 0 saturated carbocycles. The third-order valence-electron chi connectivity index (χ3n) is 4.59. The minimum Gasteiger partial charge on any atom is -0.466 e. The topological polar surface area (TPSA) is 80.6 Å². The van der Waals surface area contributed by atoms with Crippen LogP contribution >= 0.6 is 23.8 Å². The fourth-order valence-corrected chi connectivity index (χ4v) is 3.59. The highest BCUT2D eigenvalue weighted by molar-refractivity contribution is 7.80. The standard InChI is InChI=1S/C21H15ClN2O4S/c1-27-20(26)16-17(11-6-8-13(22)9-7-11)23-21(29)24-18(16)14-10-12-4-2-3-5-15(12)28-19(14)25/h2-10,17H,1H3,(H2,23,24,29). The molecule has 0 fully saturated rings. The molecule has 2 aromatic carbocycles. The van der Waals surface area contributed by atoms with Gasteiger partial charge in [0.2, 0.25) is 0 Å². The second kappa shape index (κ2) is 7.69. The van der Waals surface area contributed by atoms with E-state index in [0.29, 0.717) is 16.0 Å². The Balaban J connectivity index is 1.97. The van der Waals surface area contributed by atoms with E-state index in [0.717, 1.165) is 5.56 Å². The Morgan fingerprint density at radius 3 is 2.62 bits per heavy atom. The number of halogens is 1. The quantitative estimate of drug-likeness (QED) is 0.376. The minimum absolute atomic E-state index is 0.187. The Morgan fingerprint density at radius 2 is 1.90 bits per heavy atom. The Morgan fingerprint density at radius 1 is 1.17 bits per heavy atom. The Kier molecular flexibility index (Phi) is 5.08. The van der Waals surface area contributed by atoms with Crippen LogP contribution in [0.2, 0.25) is 5.02 Å². The summed E-state index contributed by atoms with van der Waals surface area (Å²) in [4.78, 5) is 25.4. The maximum absolute atomic E-state index is 12.7. The lowest BCUT2D eigenvalue weighted by atomic mass is 9.93. The first-order chi connectivity index (χ1) is 14.0. The van der Waals surface area contributed by atoms with E-state index < -0.39 is 17.6 Å². The lowest BCUT2D eigenvalue weighted by Gasteiger charge is -2.30. The van der Waals surface area contributed by atoms with Crippen molar-refractivity contribution in [3.05, 3.63) is 86.7 Å². The van der Waals surface area contributed by atoms with Crippen LogP contribution in [-0.4, -0.2) is 18.2 Å². The van der Waals surface area contributed by atoms with Crippen LogP contribution in [0.1, 0.15) is 17.2 Å². The van der Waals surface area contributed by atoms with Crippen LogP contribution in [0, 0.1) is 0 Å². The number of esters is 1. The van der Waals surface area contributed by atoms with Gasteiger partial charge in [-0.2, -0.15) is 0 Å². The molecule has 4 rings (SSSR count). The molecule has 2 heterocycles. The van der Waals surface area contributed by atoms with Crippen molar-refractivity contribution in [3.8, 4) is 0 Å². The third-order valence-corrected chi connectivity index (χ3v) is 5.06. The average Bonchev–Trinajstić information content (AvgIpc) is 2.72. The lowest BCUT2D eigenvalue weighted by molar-refractivity contribution is -0.136. The summed E-state index contributed by atoms with van der Waals surface area (Å²) < 4.78 is 10.4.